The average Bonchev–Trinajstić information content (AvgIpc) is 3.13. The number of hydrogen-bond acceptors (Lipinski definition) is 5. The van der Waals surface area contributed by atoms with Crippen molar-refractivity contribution in [1.82, 2.24) is 4.90 Å². The largest absolute Gasteiger partial charge is 0.493 e. The summed E-state index contributed by atoms with van der Waals surface area (Å²) in [6.45, 7) is 4.61. The third kappa shape index (κ3) is 6.66. The molecule has 1 aliphatic heterocycles. The van der Waals surface area contributed by atoms with E-state index in [4.69, 9.17) is 32.7 Å². The van der Waals surface area contributed by atoms with Gasteiger partial charge in [-0.15, -0.1) is 0 Å². The van der Waals surface area contributed by atoms with E-state index in [-0.39, 0.29) is 29.3 Å². The SMILES string of the molecule is COc1cc(/C=C2\SC(=Nc3ccc(Cl)cc3)N(CC(C)C)C2=O)cc(Cl)c1OCc1ccccc1F. The molecule has 3 aromatic carbocycles. The van der Waals surface area contributed by atoms with E-state index in [1.807, 2.05) is 13.8 Å². The summed E-state index contributed by atoms with van der Waals surface area (Å²) < 4.78 is 25.3. The van der Waals surface area contributed by atoms with Crippen molar-refractivity contribution in [3.63, 3.8) is 0 Å². The standard InChI is InChI=1S/C28H25Cl2FN2O3S/c1-17(2)15-33-27(34)25(37-28(33)32-21-10-8-20(29)9-11-21)14-18-12-22(30)26(24(13-18)35-3)36-16-19-6-4-5-7-23(19)31/h4-14,17H,15-16H2,1-3H3/b25-14-,32-28?. The van der Waals surface area contributed by atoms with Gasteiger partial charge in [-0.05, 0) is 71.8 Å². The monoisotopic (exact) mass is 558 g/mol. The predicted octanol–water partition coefficient (Wildman–Crippen LogP) is 7.98. The molecule has 0 radical (unpaired) electrons. The molecule has 0 aromatic heterocycles. The normalized spacial score (nSPS) is 15.8. The molecule has 1 aliphatic rings. The third-order valence-corrected chi connectivity index (χ3v) is 6.91. The molecule has 0 spiro atoms. The van der Waals surface area contributed by atoms with Crippen molar-refractivity contribution in [1.29, 1.82) is 0 Å². The topological polar surface area (TPSA) is 51.1 Å². The second kappa shape index (κ2) is 12.0. The highest BCUT2D eigenvalue weighted by atomic mass is 35.5. The van der Waals surface area contributed by atoms with Crippen LogP contribution in [0.5, 0.6) is 11.5 Å². The molecule has 0 aliphatic carbocycles. The molecular weight excluding hydrogens is 534 g/mol. The number of nitrogens with zero attached hydrogens (tertiary/aromatic N) is 2. The Morgan fingerprint density at radius 3 is 2.51 bits per heavy atom. The van der Waals surface area contributed by atoms with Gasteiger partial charge in [0.15, 0.2) is 16.7 Å². The number of ether oxygens (including phenoxy) is 2. The first kappa shape index (κ1) is 27.0. The van der Waals surface area contributed by atoms with Crippen LogP contribution in [0.2, 0.25) is 10.0 Å². The minimum absolute atomic E-state index is 0.00773. The molecule has 4 rings (SSSR count). The number of benzene rings is 3. The van der Waals surface area contributed by atoms with Crippen LogP contribution in [-0.4, -0.2) is 29.6 Å². The lowest BCUT2D eigenvalue weighted by molar-refractivity contribution is -0.122. The van der Waals surface area contributed by atoms with E-state index in [1.54, 1.807) is 65.6 Å². The van der Waals surface area contributed by atoms with Crippen LogP contribution < -0.4 is 9.47 Å². The molecule has 0 bridgehead atoms. The second-order valence-corrected chi connectivity index (χ2v) is 10.6. The van der Waals surface area contributed by atoms with Crippen LogP contribution in [0.15, 0.2) is 70.6 Å². The van der Waals surface area contributed by atoms with Crippen LogP contribution in [0, 0.1) is 11.7 Å². The highest BCUT2D eigenvalue weighted by molar-refractivity contribution is 8.18. The molecule has 192 valence electrons. The molecule has 0 saturated carbocycles. The van der Waals surface area contributed by atoms with Gasteiger partial charge in [-0.1, -0.05) is 55.2 Å². The molecule has 0 unspecified atom stereocenters. The van der Waals surface area contributed by atoms with E-state index < -0.39 is 0 Å². The average molecular weight is 559 g/mol. The van der Waals surface area contributed by atoms with E-state index in [2.05, 4.69) is 4.99 Å². The predicted molar refractivity (Wildman–Crippen MR) is 149 cm³/mol. The number of aliphatic imine (C=N–C) groups is 1. The fourth-order valence-electron chi connectivity index (χ4n) is 3.62. The zero-order chi connectivity index (χ0) is 26.5. The van der Waals surface area contributed by atoms with Gasteiger partial charge in [0, 0.05) is 17.1 Å². The lowest BCUT2D eigenvalue weighted by atomic mass is 10.1. The number of amides is 1. The maximum atomic E-state index is 14.0. The van der Waals surface area contributed by atoms with Crippen LogP contribution >= 0.6 is 35.0 Å². The fraction of sp³-hybridized carbons (Fsp3) is 0.214. The maximum absolute atomic E-state index is 14.0. The second-order valence-electron chi connectivity index (χ2n) is 8.71. The first-order chi connectivity index (χ1) is 17.7. The Bertz CT molecular complexity index is 1360. The van der Waals surface area contributed by atoms with E-state index in [1.165, 1.54) is 24.9 Å². The summed E-state index contributed by atoms with van der Waals surface area (Å²) in [5, 5.41) is 1.49. The highest BCUT2D eigenvalue weighted by Gasteiger charge is 2.34. The van der Waals surface area contributed by atoms with Gasteiger partial charge in [0.1, 0.15) is 12.4 Å². The number of amidine groups is 1. The Morgan fingerprint density at radius 1 is 1.11 bits per heavy atom. The highest BCUT2D eigenvalue weighted by Crippen LogP contribution is 2.40. The molecule has 37 heavy (non-hydrogen) atoms. The Balaban J connectivity index is 1.62. The van der Waals surface area contributed by atoms with E-state index in [0.29, 0.717) is 50.0 Å². The Morgan fingerprint density at radius 2 is 1.84 bits per heavy atom. The zero-order valence-electron chi connectivity index (χ0n) is 20.5. The van der Waals surface area contributed by atoms with Gasteiger partial charge in [-0.3, -0.25) is 9.69 Å². The van der Waals surface area contributed by atoms with E-state index in [0.717, 1.165) is 0 Å². The Labute approximate surface area is 229 Å². The zero-order valence-corrected chi connectivity index (χ0v) is 22.8. The third-order valence-electron chi connectivity index (χ3n) is 5.37. The summed E-state index contributed by atoms with van der Waals surface area (Å²) in [6, 6.07) is 16.9. The van der Waals surface area contributed by atoms with Crippen LogP contribution in [-0.2, 0) is 11.4 Å². The van der Waals surface area contributed by atoms with Crippen molar-refractivity contribution in [2.45, 2.75) is 20.5 Å². The smallest absolute Gasteiger partial charge is 0.266 e. The number of carbonyl (C=O) groups is 1. The number of methoxy groups -OCH3 is 1. The summed E-state index contributed by atoms with van der Waals surface area (Å²) in [5.74, 6) is 0.422. The number of halogens is 3. The first-order valence-corrected chi connectivity index (χ1v) is 13.1. The van der Waals surface area contributed by atoms with Crippen LogP contribution in [0.1, 0.15) is 25.0 Å². The number of rotatable bonds is 8. The summed E-state index contributed by atoms with van der Waals surface area (Å²) in [6.07, 6.45) is 1.75. The molecule has 0 atom stereocenters. The lowest BCUT2D eigenvalue weighted by Gasteiger charge is -2.17. The van der Waals surface area contributed by atoms with Crippen molar-refractivity contribution in [2.75, 3.05) is 13.7 Å². The molecule has 5 nitrogen and oxygen atoms in total. The Hall–Kier alpha value is -3.00. The molecule has 1 fully saturated rings. The maximum Gasteiger partial charge on any atom is 0.266 e. The van der Waals surface area contributed by atoms with Crippen molar-refractivity contribution >= 4 is 57.8 Å². The molecule has 1 heterocycles. The molecule has 3 aromatic rings. The number of carbonyl (C=O) groups excluding carboxylic acids is 1. The van der Waals surface area contributed by atoms with E-state index >= 15 is 0 Å². The van der Waals surface area contributed by atoms with Crippen molar-refractivity contribution < 1.29 is 18.7 Å². The van der Waals surface area contributed by atoms with E-state index in [9.17, 15) is 9.18 Å². The first-order valence-electron chi connectivity index (χ1n) is 11.5. The minimum Gasteiger partial charge on any atom is -0.493 e. The summed E-state index contributed by atoms with van der Waals surface area (Å²) in [5.41, 5.74) is 1.77. The summed E-state index contributed by atoms with van der Waals surface area (Å²) in [4.78, 5) is 20.2. The van der Waals surface area contributed by atoms with Crippen molar-refractivity contribution in [3.8, 4) is 11.5 Å². The van der Waals surface area contributed by atoms with Crippen LogP contribution in [0.3, 0.4) is 0 Å². The van der Waals surface area contributed by atoms with Crippen molar-refractivity contribution in [3.05, 3.63) is 92.6 Å². The van der Waals surface area contributed by atoms with Gasteiger partial charge in [-0.2, -0.15) is 0 Å². The summed E-state index contributed by atoms with van der Waals surface area (Å²) >= 11 is 13.8. The molecule has 1 saturated heterocycles. The minimum atomic E-state index is -0.363. The van der Waals surface area contributed by atoms with Gasteiger partial charge < -0.3 is 9.47 Å². The number of thioether (sulfide) groups is 1. The van der Waals surface area contributed by atoms with Crippen LogP contribution in [0.25, 0.3) is 6.08 Å². The quantitative estimate of drug-likeness (QED) is 0.263. The Kier molecular flexibility index (Phi) is 8.79. The van der Waals surface area contributed by atoms with Gasteiger partial charge in [0.05, 0.1) is 22.7 Å². The molecule has 9 heteroatoms. The molecule has 0 N–H and O–H groups in total. The van der Waals surface area contributed by atoms with Gasteiger partial charge in [0.2, 0.25) is 0 Å². The molecular formula is C28H25Cl2FN2O3S. The van der Waals surface area contributed by atoms with Gasteiger partial charge in [-0.25, -0.2) is 9.38 Å². The fourth-order valence-corrected chi connectivity index (χ4v) is 5.03. The molecule has 1 amide bonds. The van der Waals surface area contributed by atoms with Crippen molar-refractivity contribution in [2.24, 2.45) is 10.9 Å². The van der Waals surface area contributed by atoms with Gasteiger partial charge in [0.25, 0.3) is 5.91 Å². The van der Waals surface area contributed by atoms with Crippen LogP contribution in [0.4, 0.5) is 10.1 Å². The van der Waals surface area contributed by atoms with Gasteiger partial charge >= 0.3 is 0 Å². The lowest BCUT2D eigenvalue weighted by Crippen LogP contribution is -2.32. The summed E-state index contributed by atoms with van der Waals surface area (Å²) in [7, 11) is 1.50. The number of hydrogen-bond donors (Lipinski definition) is 0.